The molecule has 2 bridgehead atoms. The first-order valence-electron chi connectivity index (χ1n) is 11.0. The van der Waals surface area contributed by atoms with Crippen LogP contribution >= 0.6 is 0 Å². The van der Waals surface area contributed by atoms with Gasteiger partial charge in [0.05, 0.1) is 40.5 Å². The van der Waals surface area contributed by atoms with Crippen LogP contribution < -0.4 is 5.56 Å². The van der Waals surface area contributed by atoms with E-state index in [1.165, 1.54) is 41.4 Å². The van der Waals surface area contributed by atoms with E-state index in [0.717, 1.165) is 24.1 Å². The molecule has 2 aliphatic carbocycles. The van der Waals surface area contributed by atoms with E-state index in [9.17, 15) is 13.6 Å². The zero-order chi connectivity index (χ0) is 23.7. The van der Waals surface area contributed by atoms with E-state index in [0.29, 0.717) is 11.5 Å². The van der Waals surface area contributed by atoms with Crippen molar-refractivity contribution in [3.63, 3.8) is 0 Å². The third-order valence-corrected chi connectivity index (χ3v) is 7.63. The highest BCUT2D eigenvalue weighted by Crippen LogP contribution is 2.69. The Morgan fingerprint density at radius 3 is 2.62 bits per heavy atom. The van der Waals surface area contributed by atoms with E-state index < -0.39 is 17.0 Å². The van der Waals surface area contributed by atoms with Crippen molar-refractivity contribution >= 4 is 0 Å². The minimum Gasteiger partial charge on any atom is -0.267 e. The zero-order valence-corrected chi connectivity index (χ0v) is 18.5. The lowest BCUT2D eigenvalue weighted by Crippen LogP contribution is -2.38. The maximum absolute atomic E-state index is 14.4. The molecule has 4 aromatic rings. The van der Waals surface area contributed by atoms with Gasteiger partial charge in [0.1, 0.15) is 11.6 Å². The van der Waals surface area contributed by atoms with Crippen LogP contribution in [0, 0.1) is 17.0 Å². The molecule has 6 rings (SSSR count). The molecule has 3 aromatic heterocycles. The first kappa shape index (κ1) is 20.7. The maximum atomic E-state index is 14.4. The molecule has 0 aliphatic heterocycles. The lowest BCUT2D eigenvalue weighted by Gasteiger charge is -2.37. The van der Waals surface area contributed by atoms with Crippen molar-refractivity contribution in [1.29, 1.82) is 0 Å². The first-order valence-corrected chi connectivity index (χ1v) is 11.0. The summed E-state index contributed by atoms with van der Waals surface area (Å²) in [6, 6.07) is 5.52. The van der Waals surface area contributed by atoms with Crippen molar-refractivity contribution in [3.05, 3.63) is 94.2 Å². The number of halogens is 2. The van der Waals surface area contributed by atoms with Crippen LogP contribution in [0.15, 0.2) is 60.0 Å². The molecule has 1 saturated carbocycles. The fourth-order valence-corrected chi connectivity index (χ4v) is 5.97. The van der Waals surface area contributed by atoms with E-state index in [4.69, 9.17) is 4.98 Å². The van der Waals surface area contributed by atoms with Crippen molar-refractivity contribution in [1.82, 2.24) is 29.7 Å². The molecule has 2 atom stereocenters. The minimum absolute atomic E-state index is 0.112. The Kier molecular flexibility index (Phi) is 4.30. The predicted molar refractivity (Wildman–Crippen MR) is 119 cm³/mol. The molecule has 0 saturated heterocycles. The van der Waals surface area contributed by atoms with Crippen LogP contribution in [0.5, 0.6) is 0 Å². The Morgan fingerprint density at radius 1 is 1.06 bits per heavy atom. The van der Waals surface area contributed by atoms with Crippen molar-refractivity contribution in [2.45, 2.75) is 38.0 Å². The molecule has 1 fully saturated rings. The molecular formula is C25H20F2N6O. The van der Waals surface area contributed by atoms with Gasteiger partial charge in [-0.05, 0) is 47.9 Å². The molecule has 9 heteroatoms. The SMILES string of the molecule is CC1(C)[C@H]2CC[C@]1(c1cncc(-n3ccncc3=O)n1)c1nnc(-c3c(F)cccc3F)cc12. The average molecular weight is 458 g/mol. The van der Waals surface area contributed by atoms with E-state index in [-0.39, 0.29) is 28.1 Å². The number of rotatable bonds is 3. The van der Waals surface area contributed by atoms with Gasteiger partial charge in [-0.2, -0.15) is 5.10 Å². The van der Waals surface area contributed by atoms with Crippen LogP contribution in [0.3, 0.4) is 0 Å². The smallest absolute Gasteiger partial charge is 0.267 e. The summed E-state index contributed by atoms with van der Waals surface area (Å²) in [6.07, 6.45) is 9.18. The van der Waals surface area contributed by atoms with E-state index >= 15 is 0 Å². The van der Waals surface area contributed by atoms with E-state index in [2.05, 4.69) is 34.0 Å². The normalized spacial score (nSPS) is 22.1. The topological polar surface area (TPSA) is 86.5 Å². The lowest BCUT2D eigenvalue weighted by molar-refractivity contribution is 0.242. The number of aromatic nitrogens is 6. The molecule has 0 spiro atoms. The molecule has 1 aromatic carbocycles. The second-order valence-corrected chi connectivity index (χ2v) is 9.40. The fraction of sp³-hybridized carbons (Fsp3) is 0.280. The van der Waals surface area contributed by atoms with Gasteiger partial charge in [-0.3, -0.25) is 19.3 Å². The highest BCUT2D eigenvalue weighted by molar-refractivity contribution is 5.64. The van der Waals surface area contributed by atoms with Gasteiger partial charge in [0.25, 0.3) is 5.56 Å². The molecule has 2 aliphatic rings. The van der Waals surface area contributed by atoms with Crippen LogP contribution in [0.2, 0.25) is 0 Å². The molecule has 3 heterocycles. The van der Waals surface area contributed by atoms with Crippen LogP contribution in [0.4, 0.5) is 8.78 Å². The van der Waals surface area contributed by atoms with Gasteiger partial charge in [-0.15, -0.1) is 5.10 Å². The number of benzene rings is 1. The Labute approximate surface area is 193 Å². The minimum atomic E-state index is -0.673. The molecule has 0 radical (unpaired) electrons. The van der Waals surface area contributed by atoms with Crippen LogP contribution in [-0.4, -0.2) is 29.7 Å². The second kappa shape index (κ2) is 7.06. The standard InChI is InChI=1S/C25H20F2N6O/c1-24(2)15-6-7-25(24,19-11-29-12-20(30-19)33-9-8-28-13-21(33)34)23-14(15)10-18(31-32-23)22-16(26)4-3-5-17(22)27/h3-5,8-13,15H,6-7H2,1-2H3/t15-,25-/m0/s1. The second-order valence-electron chi connectivity index (χ2n) is 9.40. The molecule has 0 amide bonds. The average Bonchev–Trinajstić information content (AvgIpc) is 3.20. The molecule has 170 valence electrons. The summed E-state index contributed by atoms with van der Waals surface area (Å²) < 4.78 is 30.3. The number of hydrogen-bond acceptors (Lipinski definition) is 6. The third-order valence-electron chi connectivity index (χ3n) is 7.63. The molecular weight excluding hydrogens is 438 g/mol. The van der Waals surface area contributed by atoms with Crippen molar-refractivity contribution in [2.24, 2.45) is 5.41 Å². The van der Waals surface area contributed by atoms with Crippen LogP contribution in [0.1, 0.15) is 49.6 Å². The van der Waals surface area contributed by atoms with Gasteiger partial charge in [0.2, 0.25) is 0 Å². The van der Waals surface area contributed by atoms with Crippen molar-refractivity contribution in [3.8, 4) is 17.1 Å². The highest BCUT2D eigenvalue weighted by atomic mass is 19.1. The molecule has 7 nitrogen and oxygen atoms in total. The van der Waals surface area contributed by atoms with Crippen LogP contribution in [-0.2, 0) is 5.41 Å². The molecule has 0 unspecified atom stereocenters. The largest absolute Gasteiger partial charge is 0.274 e. The molecule has 0 N–H and O–H groups in total. The van der Waals surface area contributed by atoms with Gasteiger partial charge in [0.15, 0.2) is 5.82 Å². The summed E-state index contributed by atoms with van der Waals surface area (Å²) in [6.45, 7) is 4.31. The first-order chi connectivity index (χ1) is 16.3. The summed E-state index contributed by atoms with van der Waals surface area (Å²) in [7, 11) is 0. The Balaban J connectivity index is 1.54. The van der Waals surface area contributed by atoms with Gasteiger partial charge < -0.3 is 0 Å². The highest BCUT2D eigenvalue weighted by Gasteiger charge is 2.65. The van der Waals surface area contributed by atoms with Gasteiger partial charge in [0, 0.05) is 18.6 Å². The summed E-state index contributed by atoms with van der Waals surface area (Å²) >= 11 is 0. The summed E-state index contributed by atoms with van der Waals surface area (Å²) in [5.41, 5.74) is 1.18. The Morgan fingerprint density at radius 2 is 1.85 bits per heavy atom. The van der Waals surface area contributed by atoms with Gasteiger partial charge >= 0.3 is 0 Å². The third kappa shape index (κ3) is 2.60. The Bertz CT molecular complexity index is 1500. The van der Waals surface area contributed by atoms with Crippen molar-refractivity contribution in [2.75, 3.05) is 0 Å². The van der Waals surface area contributed by atoms with Crippen LogP contribution in [0.25, 0.3) is 17.1 Å². The van der Waals surface area contributed by atoms with Gasteiger partial charge in [-0.25, -0.2) is 13.8 Å². The van der Waals surface area contributed by atoms with Gasteiger partial charge in [-0.1, -0.05) is 19.9 Å². The summed E-state index contributed by atoms with van der Waals surface area (Å²) in [4.78, 5) is 25.4. The predicted octanol–water partition coefficient (Wildman–Crippen LogP) is 3.96. The quantitative estimate of drug-likeness (QED) is 0.462. The molecule has 34 heavy (non-hydrogen) atoms. The Hall–Kier alpha value is -3.88. The number of hydrogen-bond donors (Lipinski definition) is 0. The summed E-state index contributed by atoms with van der Waals surface area (Å²) in [5, 5.41) is 8.79. The van der Waals surface area contributed by atoms with E-state index in [1.54, 1.807) is 18.5 Å². The maximum Gasteiger partial charge on any atom is 0.274 e. The van der Waals surface area contributed by atoms with E-state index in [1.807, 2.05) is 0 Å². The fourth-order valence-electron chi connectivity index (χ4n) is 5.97. The lowest BCUT2D eigenvalue weighted by atomic mass is 9.66. The summed E-state index contributed by atoms with van der Waals surface area (Å²) in [5.74, 6) is -0.842. The number of nitrogens with zero attached hydrogens (tertiary/aromatic N) is 6. The number of fused-ring (bicyclic) bond motifs is 5. The monoisotopic (exact) mass is 458 g/mol. The van der Waals surface area contributed by atoms with Crippen molar-refractivity contribution < 1.29 is 8.78 Å². The zero-order valence-electron chi connectivity index (χ0n) is 18.5.